The summed E-state index contributed by atoms with van der Waals surface area (Å²) < 4.78 is 1.18. The predicted molar refractivity (Wildman–Crippen MR) is 65.1 cm³/mol. The largest absolute Gasteiger partial charge is 0.395 e. The van der Waals surface area contributed by atoms with Gasteiger partial charge in [-0.2, -0.15) is 0 Å². The summed E-state index contributed by atoms with van der Waals surface area (Å²) in [5.74, 6) is -0.735. The third kappa shape index (κ3) is 4.02. The highest BCUT2D eigenvalue weighted by molar-refractivity contribution is 5.88. The molecule has 0 bridgehead atoms. The molecule has 0 aliphatic rings. The van der Waals surface area contributed by atoms with Crippen LogP contribution in [-0.2, 0) is 16.1 Å². The van der Waals surface area contributed by atoms with E-state index in [1.54, 1.807) is 6.07 Å². The molecule has 7 nitrogen and oxygen atoms in total. The predicted octanol–water partition coefficient (Wildman–Crippen LogP) is -1.08. The maximum atomic E-state index is 11.8. The first-order valence-electron chi connectivity index (χ1n) is 5.39. The minimum absolute atomic E-state index is 0.125. The summed E-state index contributed by atoms with van der Waals surface area (Å²) in [6.07, 6.45) is 1.45. The lowest BCUT2D eigenvalue weighted by Crippen LogP contribution is -2.34. The minimum atomic E-state index is -0.452. The molecule has 0 fully saturated rings. The van der Waals surface area contributed by atoms with E-state index in [9.17, 15) is 14.4 Å². The van der Waals surface area contributed by atoms with Crippen LogP contribution in [0.1, 0.15) is 6.92 Å². The van der Waals surface area contributed by atoms with Crippen molar-refractivity contribution in [3.05, 3.63) is 28.7 Å². The van der Waals surface area contributed by atoms with Gasteiger partial charge in [-0.25, -0.2) is 0 Å². The first kappa shape index (κ1) is 13.9. The van der Waals surface area contributed by atoms with Crippen molar-refractivity contribution in [2.75, 3.05) is 18.5 Å². The lowest BCUT2D eigenvalue weighted by Gasteiger charge is -2.08. The lowest BCUT2D eigenvalue weighted by molar-refractivity contribution is -0.121. The number of carbonyl (C=O) groups is 2. The van der Waals surface area contributed by atoms with Crippen molar-refractivity contribution in [2.45, 2.75) is 13.5 Å². The number of hydrogen-bond donors (Lipinski definition) is 3. The number of carbonyl (C=O) groups excluding carboxylic acids is 2. The zero-order chi connectivity index (χ0) is 13.5. The quantitative estimate of drug-likeness (QED) is 0.621. The van der Waals surface area contributed by atoms with Gasteiger partial charge >= 0.3 is 0 Å². The van der Waals surface area contributed by atoms with Crippen molar-refractivity contribution in [2.24, 2.45) is 0 Å². The molecular formula is C11H15N3O4. The highest BCUT2D eigenvalue weighted by atomic mass is 16.3. The molecule has 1 rings (SSSR count). The Morgan fingerprint density at radius 2 is 2.17 bits per heavy atom. The Kier molecular flexibility index (Phi) is 5.06. The Morgan fingerprint density at radius 1 is 1.44 bits per heavy atom. The second-order valence-electron chi connectivity index (χ2n) is 3.61. The summed E-state index contributed by atoms with van der Waals surface area (Å²) in [5, 5.41) is 13.4. The average Bonchev–Trinajstić information content (AvgIpc) is 2.31. The van der Waals surface area contributed by atoms with Crippen LogP contribution in [0, 0.1) is 0 Å². The van der Waals surface area contributed by atoms with Gasteiger partial charge < -0.3 is 20.3 Å². The first-order chi connectivity index (χ1) is 8.54. The molecule has 7 heteroatoms. The fourth-order valence-corrected chi connectivity index (χ4v) is 1.35. The Balaban J connectivity index is 2.81. The number of aliphatic hydroxyl groups excluding tert-OH is 1. The van der Waals surface area contributed by atoms with Crippen molar-refractivity contribution in [1.29, 1.82) is 0 Å². The summed E-state index contributed by atoms with van der Waals surface area (Å²) in [6.45, 7) is 1.11. The first-order valence-corrected chi connectivity index (χ1v) is 5.39. The zero-order valence-corrected chi connectivity index (χ0v) is 9.97. The highest BCUT2D eigenvalue weighted by Gasteiger charge is 2.07. The normalized spacial score (nSPS) is 9.89. The average molecular weight is 253 g/mol. The number of amides is 2. The SMILES string of the molecule is CC(=O)Nc1cccn(CC(=O)NCCO)c1=O. The molecule has 3 N–H and O–H groups in total. The number of aliphatic hydroxyl groups is 1. The van der Waals surface area contributed by atoms with Gasteiger partial charge in [0.2, 0.25) is 11.8 Å². The van der Waals surface area contributed by atoms with Crippen molar-refractivity contribution in [3.63, 3.8) is 0 Å². The molecule has 1 aromatic heterocycles. The fraction of sp³-hybridized carbons (Fsp3) is 0.364. The van der Waals surface area contributed by atoms with Crippen molar-refractivity contribution < 1.29 is 14.7 Å². The number of nitrogens with one attached hydrogen (secondary N) is 2. The van der Waals surface area contributed by atoms with E-state index in [-0.39, 0.29) is 37.2 Å². The maximum Gasteiger partial charge on any atom is 0.274 e. The summed E-state index contributed by atoms with van der Waals surface area (Å²) in [7, 11) is 0. The topological polar surface area (TPSA) is 100 Å². The van der Waals surface area contributed by atoms with Crippen LogP contribution in [0.4, 0.5) is 5.69 Å². The fourth-order valence-electron chi connectivity index (χ4n) is 1.35. The van der Waals surface area contributed by atoms with Crippen LogP contribution in [0.2, 0.25) is 0 Å². The molecule has 0 aliphatic carbocycles. The van der Waals surface area contributed by atoms with E-state index in [0.29, 0.717) is 0 Å². The number of nitrogens with zero attached hydrogens (tertiary/aromatic N) is 1. The summed E-state index contributed by atoms with van der Waals surface area (Å²) >= 11 is 0. The molecule has 0 atom stereocenters. The molecule has 18 heavy (non-hydrogen) atoms. The van der Waals surface area contributed by atoms with Gasteiger partial charge in [-0.15, -0.1) is 0 Å². The summed E-state index contributed by atoms with van der Waals surface area (Å²) in [4.78, 5) is 34.1. The number of anilines is 1. The van der Waals surface area contributed by atoms with Crippen LogP contribution < -0.4 is 16.2 Å². The number of rotatable bonds is 5. The molecule has 0 aromatic carbocycles. The Labute approximate surface area is 103 Å². The van der Waals surface area contributed by atoms with Gasteiger partial charge in [0.15, 0.2) is 0 Å². The van der Waals surface area contributed by atoms with Crippen LogP contribution in [0.15, 0.2) is 23.1 Å². The van der Waals surface area contributed by atoms with Crippen molar-refractivity contribution in [1.82, 2.24) is 9.88 Å². The molecule has 0 spiro atoms. The maximum absolute atomic E-state index is 11.8. The van der Waals surface area contributed by atoms with E-state index in [1.807, 2.05) is 0 Å². The monoisotopic (exact) mass is 253 g/mol. The number of hydrogen-bond acceptors (Lipinski definition) is 4. The van der Waals surface area contributed by atoms with Gasteiger partial charge in [0.25, 0.3) is 5.56 Å². The van der Waals surface area contributed by atoms with E-state index in [0.717, 1.165) is 0 Å². The molecular weight excluding hydrogens is 238 g/mol. The van der Waals surface area contributed by atoms with E-state index in [1.165, 1.54) is 23.8 Å². The van der Waals surface area contributed by atoms with Crippen LogP contribution in [0.3, 0.4) is 0 Å². The van der Waals surface area contributed by atoms with Crippen molar-refractivity contribution >= 4 is 17.5 Å². The molecule has 0 aliphatic heterocycles. The molecule has 1 heterocycles. The smallest absolute Gasteiger partial charge is 0.274 e. The zero-order valence-electron chi connectivity index (χ0n) is 9.97. The van der Waals surface area contributed by atoms with Crippen LogP contribution in [0.25, 0.3) is 0 Å². The third-order valence-electron chi connectivity index (χ3n) is 2.08. The molecule has 1 aromatic rings. The number of aromatic nitrogens is 1. The second-order valence-corrected chi connectivity index (χ2v) is 3.61. The van der Waals surface area contributed by atoms with Crippen molar-refractivity contribution in [3.8, 4) is 0 Å². The standard InChI is InChI=1S/C11H15N3O4/c1-8(16)13-9-3-2-5-14(11(9)18)7-10(17)12-4-6-15/h2-3,5,15H,4,6-7H2,1H3,(H,12,17)(H,13,16). The van der Waals surface area contributed by atoms with Crippen LogP contribution in [0.5, 0.6) is 0 Å². The molecule has 98 valence electrons. The van der Waals surface area contributed by atoms with Gasteiger partial charge in [0.1, 0.15) is 12.2 Å². The van der Waals surface area contributed by atoms with Gasteiger partial charge in [0.05, 0.1) is 6.61 Å². The molecule has 0 saturated heterocycles. The van der Waals surface area contributed by atoms with Gasteiger partial charge in [0, 0.05) is 19.7 Å². The molecule has 2 amide bonds. The van der Waals surface area contributed by atoms with E-state index >= 15 is 0 Å². The minimum Gasteiger partial charge on any atom is -0.395 e. The number of pyridine rings is 1. The second kappa shape index (κ2) is 6.55. The highest BCUT2D eigenvalue weighted by Crippen LogP contribution is 1.98. The Bertz CT molecular complexity index is 495. The molecule has 0 saturated carbocycles. The Morgan fingerprint density at radius 3 is 2.78 bits per heavy atom. The van der Waals surface area contributed by atoms with E-state index < -0.39 is 5.56 Å². The van der Waals surface area contributed by atoms with Crippen LogP contribution in [-0.4, -0.2) is 34.6 Å². The van der Waals surface area contributed by atoms with E-state index in [4.69, 9.17) is 5.11 Å². The van der Waals surface area contributed by atoms with Gasteiger partial charge in [-0.3, -0.25) is 14.4 Å². The third-order valence-corrected chi connectivity index (χ3v) is 2.08. The van der Waals surface area contributed by atoms with Gasteiger partial charge in [-0.05, 0) is 12.1 Å². The van der Waals surface area contributed by atoms with Gasteiger partial charge in [-0.1, -0.05) is 0 Å². The lowest BCUT2D eigenvalue weighted by atomic mass is 10.4. The Hall–Kier alpha value is -2.15. The molecule has 0 radical (unpaired) electrons. The van der Waals surface area contributed by atoms with Crippen LogP contribution >= 0.6 is 0 Å². The summed E-state index contributed by atoms with van der Waals surface area (Å²) in [6, 6.07) is 3.03. The van der Waals surface area contributed by atoms with E-state index in [2.05, 4.69) is 10.6 Å². The molecule has 0 unspecified atom stereocenters. The summed E-state index contributed by atoms with van der Waals surface area (Å²) in [5.41, 5.74) is -0.327.